The molecule has 4 nitrogen and oxygen atoms in total. The maximum atomic E-state index is 5.61. The minimum Gasteiger partial charge on any atom is -0.370 e. The van der Waals surface area contributed by atoms with Crippen LogP contribution in [0.1, 0.15) is 19.8 Å². The fourth-order valence-electron chi connectivity index (χ4n) is 0.685. The van der Waals surface area contributed by atoms with Crippen LogP contribution in [0.5, 0.6) is 0 Å². The Hall–Kier alpha value is -0.770. The number of guanidine groups is 1. The fourth-order valence-corrected chi connectivity index (χ4v) is 0.685. The maximum Gasteiger partial charge on any atom is 0.185 e. The van der Waals surface area contributed by atoms with Gasteiger partial charge in [-0.15, -0.1) is 0 Å². The van der Waals surface area contributed by atoms with Gasteiger partial charge in [0, 0.05) is 6.04 Å². The molecule has 0 saturated carbocycles. The topological polar surface area (TPSA) is 90.4 Å². The zero-order chi connectivity index (χ0) is 7.98. The molecule has 0 aromatic heterocycles. The summed E-state index contributed by atoms with van der Waals surface area (Å²) in [6, 6.07) is 0.104. The van der Waals surface area contributed by atoms with E-state index in [0.717, 1.165) is 12.8 Å². The minimum atomic E-state index is 0.104. The summed E-state index contributed by atoms with van der Waals surface area (Å²) in [4.78, 5) is 3.79. The van der Waals surface area contributed by atoms with Crippen molar-refractivity contribution in [2.75, 3.05) is 6.54 Å². The predicted molar refractivity (Wildman–Crippen MR) is 43.6 cm³/mol. The van der Waals surface area contributed by atoms with E-state index in [1.165, 1.54) is 0 Å². The molecule has 0 aromatic rings. The standard InChI is InChI=1S/C6H16N4/c1-2-3-5(7)4-10-6(8)9/h5H,2-4,7H2,1H3,(H4,8,9,10). The highest BCUT2D eigenvalue weighted by atomic mass is 15.0. The summed E-state index contributed by atoms with van der Waals surface area (Å²) in [6.07, 6.45) is 2.04. The van der Waals surface area contributed by atoms with E-state index in [1.807, 2.05) is 0 Å². The van der Waals surface area contributed by atoms with Crippen LogP contribution in [0.25, 0.3) is 0 Å². The van der Waals surface area contributed by atoms with Gasteiger partial charge in [-0.05, 0) is 6.42 Å². The highest BCUT2D eigenvalue weighted by Gasteiger charge is 1.97. The zero-order valence-electron chi connectivity index (χ0n) is 6.38. The number of aliphatic imine (C=N–C) groups is 1. The Morgan fingerprint density at radius 1 is 1.50 bits per heavy atom. The van der Waals surface area contributed by atoms with Crippen LogP contribution in [0, 0.1) is 0 Å². The van der Waals surface area contributed by atoms with E-state index < -0.39 is 0 Å². The Kier molecular flexibility index (Phi) is 4.66. The molecular formula is C6H16N4. The third-order valence-electron chi connectivity index (χ3n) is 1.17. The minimum absolute atomic E-state index is 0.104. The number of rotatable bonds is 4. The highest BCUT2D eigenvalue weighted by Crippen LogP contribution is 1.92. The third-order valence-corrected chi connectivity index (χ3v) is 1.17. The van der Waals surface area contributed by atoms with E-state index in [0.29, 0.717) is 6.54 Å². The molecule has 10 heavy (non-hydrogen) atoms. The molecule has 0 aliphatic rings. The molecular weight excluding hydrogens is 128 g/mol. The quantitative estimate of drug-likeness (QED) is 0.363. The Labute approximate surface area is 61.5 Å². The molecule has 0 radical (unpaired) electrons. The van der Waals surface area contributed by atoms with Crippen LogP contribution in [-0.2, 0) is 0 Å². The van der Waals surface area contributed by atoms with Crippen LogP contribution in [0.3, 0.4) is 0 Å². The molecule has 0 saturated heterocycles. The molecule has 0 aliphatic carbocycles. The Balaban J connectivity index is 3.38. The molecule has 0 aromatic carbocycles. The number of hydrogen-bond acceptors (Lipinski definition) is 2. The second-order valence-electron chi connectivity index (χ2n) is 2.31. The second-order valence-corrected chi connectivity index (χ2v) is 2.31. The van der Waals surface area contributed by atoms with Crippen LogP contribution in [-0.4, -0.2) is 18.5 Å². The number of nitrogens with two attached hydrogens (primary N) is 3. The zero-order valence-corrected chi connectivity index (χ0v) is 6.38. The van der Waals surface area contributed by atoms with Gasteiger partial charge < -0.3 is 17.2 Å². The summed E-state index contributed by atoms with van der Waals surface area (Å²) in [5.74, 6) is 0.117. The van der Waals surface area contributed by atoms with Crippen molar-refractivity contribution in [1.29, 1.82) is 0 Å². The van der Waals surface area contributed by atoms with Crippen LogP contribution in [0.4, 0.5) is 0 Å². The van der Waals surface area contributed by atoms with Crippen LogP contribution in [0.2, 0.25) is 0 Å². The first kappa shape index (κ1) is 9.23. The van der Waals surface area contributed by atoms with E-state index in [4.69, 9.17) is 17.2 Å². The van der Waals surface area contributed by atoms with Gasteiger partial charge in [0.25, 0.3) is 0 Å². The van der Waals surface area contributed by atoms with Crippen LogP contribution in [0.15, 0.2) is 4.99 Å². The van der Waals surface area contributed by atoms with Gasteiger partial charge in [-0.2, -0.15) is 0 Å². The van der Waals surface area contributed by atoms with Crippen molar-refractivity contribution in [3.05, 3.63) is 0 Å². The molecule has 0 spiro atoms. The first-order valence-corrected chi connectivity index (χ1v) is 3.47. The SMILES string of the molecule is CCCC(N)CN=C(N)N. The second kappa shape index (κ2) is 5.05. The molecule has 0 rings (SSSR count). The first-order chi connectivity index (χ1) is 4.66. The van der Waals surface area contributed by atoms with E-state index in [1.54, 1.807) is 0 Å². The van der Waals surface area contributed by atoms with Gasteiger partial charge in [0.1, 0.15) is 0 Å². The summed E-state index contributed by atoms with van der Waals surface area (Å²) in [7, 11) is 0. The molecule has 1 atom stereocenters. The van der Waals surface area contributed by atoms with Crippen molar-refractivity contribution >= 4 is 5.96 Å². The first-order valence-electron chi connectivity index (χ1n) is 3.47. The van der Waals surface area contributed by atoms with Gasteiger partial charge in [0.2, 0.25) is 0 Å². The summed E-state index contributed by atoms with van der Waals surface area (Å²) in [5, 5.41) is 0. The Bertz CT molecular complexity index is 106. The average Bonchev–Trinajstić information content (AvgIpc) is 1.85. The lowest BCUT2D eigenvalue weighted by molar-refractivity contribution is 0.613. The molecule has 0 amide bonds. The summed E-state index contributed by atoms with van der Waals surface area (Å²) in [6.45, 7) is 2.62. The molecule has 0 bridgehead atoms. The van der Waals surface area contributed by atoms with Gasteiger partial charge in [0.15, 0.2) is 5.96 Å². The van der Waals surface area contributed by atoms with Gasteiger partial charge in [-0.1, -0.05) is 13.3 Å². The smallest absolute Gasteiger partial charge is 0.185 e. The maximum absolute atomic E-state index is 5.61. The molecule has 4 heteroatoms. The van der Waals surface area contributed by atoms with E-state index in [2.05, 4.69) is 11.9 Å². The van der Waals surface area contributed by atoms with E-state index >= 15 is 0 Å². The monoisotopic (exact) mass is 144 g/mol. The van der Waals surface area contributed by atoms with Crippen molar-refractivity contribution in [3.8, 4) is 0 Å². The number of nitrogens with zero attached hydrogens (tertiary/aromatic N) is 1. The lowest BCUT2D eigenvalue weighted by Crippen LogP contribution is -2.28. The summed E-state index contributed by atoms with van der Waals surface area (Å²) < 4.78 is 0. The van der Waals surface area contributed by atoms with Gasteiger partial charge in [0.05, 0.1) is 6.54 Å². The largest absolute Gasteiger partial charge is 0.370 e. The fraction of sp³-hybridized carbons (Fsp3) is 0.833. The van der Waals surface area contributed by atoms with Gasteiger partial charge >= 0.3 is 0 Å². The molecule has 1 unspecified atom stereocenters. The summed E-state index contributed by atoms with van der Waals surface area (Å²) in [5.41, 5.74) is 15.8. The average molecular weight is 144 g/mol. The predicted octanol–water partition coefficient (Wildman–Crippen LogP) is -0.613. The molecule has 0 heterocycles. The van der Waals surface area contributed by atoms with Crippen molar-refractivity contribution < 1.29 is 0 Å². The van der Waals surface area contributed by atoms with Crippen LogP contribution >= 0.6 is 0 Å². The third kappa shape index (κ3) is 5.37. The van der Waals surface area contributed by atoms with Crippen molar-refractivity contribution in [2.45, 2.75) is 25.8 Å². The lowest BCUT2D eigenvalue weighted by atomic mass is 10.2. The lowest BCUT2D eigenvalue weighted by Gasteiger charge is -2.05. The summed E-state index contributed by atoms with van der Waals surface area (Å²) >= 11 is 0. The normalized spacial score (nSPS) is 12.6. The van der Waals surface area contributed by atoms with E-state index in [-0.39, 0.29) is 12.0 Å². The molecule has 60 valence electrons. The van der Waals surface area contributed by atoms with Crippen LogP contribution < -0.4 is 17.2 Å². The molecule has 0 fully saturated rings. The molecule has 6 N–H and O–H groups in total. The number of hydrogen-bond donors (Lipinski definition) is 3. The highest BCUT2D eigenvalue weighted by molar-refractivity contribution is 5.75. The Morgan fingerprint density at radius 3 is 2.50 bits per heavy atom. The van der Waals surface area contributed by atoms with Crippen molar-refractivity contribution in [1.82, 2.24) is 0 Å². The van der Waals surface area contributed by atoms with Gasteiger partial charge in [-0.3, -0.25) is 4.99 Å². The molecule has 0 aliphatic heterocycles. The van der Waals surface area contributed by atoms with Crippen molar-refractivity contribution in [3.63, 3.8) is 0 Å². The van der Waals surface area contributed by atoms with E-state index in [9.17, 15) is 0 Å². The van der Waals surface area contributed by atoms with Crippen molar-refractivity contribution in [2.24, 2.45) is 22.2 Å². The van der Waals surface area contributed by atoms with Gasteiger partial charge in [-0.25, -0.2) is 0 Å². The Morgan fingerprint density at radius 2 is 2.10 bits per heavy atom.